The predicted molar refractivity (Wildman–Crippen MR) is 85.8 cm³/mol. The average Bonchev–Trinajstić information content (AvgIpc) is 3.21. The Morgan fingerprint density at radius 2 is 2.13 bits per heavy atom. The Balaban J connectivity index is 1.61. The van der Waals surface area contributed by atoms with E-state index in [4.69, 9.17) is 14.3 Å². The molecule has 1 aliphatic rings. The van der Waals surface area contributed by atoms with Gasteiger partial charge in [0.15, 0.2) is 0 Å². The van der Waals surface area contributed by atoms with Crippen molar-refractivity contribution in [2.75, 3.05) is 13.2 Å². The quantitative estimate of drug-likeness (QED) is 0.852. The molecule has 0 aromatic carbocycles. The van der Waals surface area contributed by atoms with Gasteiger partial charge in [0.05, 0.1) is 18.3 Å². The summed E-state index contributed by atoms with van der Waals surface area (Å²) in [6.45, 7) is 6.41. The Kier molecular flexibility index (Phi) is 4.84. The Hall–Kier alpha value is -1.63. The Bertz CT molecular complexity index is 662. The number of ether oxygens (including phenoxy) is 1. The van der Waals surface area contributed by atoms with Gasteiger partial charge in [-0.15, -0.1) is 0 Å². The molecule has 6 heteroatoms. The molecule has 3 rings (SSSR count). The van der Waals surface area contributed by atoms with Gasteiger partial charge < -0.3 is 19.6 Å². The van der Waals surface area contributed by atoms with Gasteiger partial charge in [-0.25, -0.2) is 0 Å². The first kappa shape index (κ1) is 16.2. The second kappa shape index (κ2) is 6.86. The normalized spacial score (nSPS) is 21.2. The molecule has 0 bridgehead atoms. The van der Waals surface area contributed by atoms with Crippen LogP contribution in [-0.4, -0.2) is 28.0 Å². The zero-order chi connectivity index (χ0) is 16.4. The van der Waals surface area contributed by atoms with Crippen LogP contribution in [0.4, 0.5) is 0 Å². The maximum absolute atomic E-state index is 9.03. The van der Waals surface area contributed by atoms with Gasteiger partial charge in [0.25, 0.3) is 0 Å². The summed E-state index contributed by atoms with van der Waals surface area (Å²) >= 11 is 0. The average molecular weight is 319 g/mol. The number of aliphatic hydroxyl groups excluding tert-OH is 1. The van der Waals surface area contributed by atoms with E-state index in [2.05, 4.69) is 17.3 Å². The number of nitrogens with zero attached hydrogens (tertiary/aromatic N) is 2. The van der Waals surface area contributed by atoms with Crippen LogP contribution >= 0.6 is 0 Å². The summed E-state index contributed by atoms with van der Waals surface area (Å²) in [6, 6.07) is 3.71. The van der Waals surface area contributed by atoms with Gasteiger partial charge in [0, 0.05) is 37.4 Å². The Morgan fingerprint density at radius 1 is 1.35 bits per heavy atom. The highest BCUT2D eigenvalue weighted by Crippen LogP contribution is 2.37. The molecule has 2 atom stereocenters. The number of furan rings is 1. The number of aliphatic hydroxyl groups is 1. The third kappa shape index (κ3) is 3.34. The summed E-state index contributed by atoms with van der Waals surface area (Å²) in [5, 5.41) is 17.0. The van der Waals surface area contributed by atoms with E-state index in [-0.39, 0.29) is 12.7 Å². The molecule has 126 valence electrons. The molecule has 0 radical (unpaired) electrons. The SMILES string of the molecule is Cc1nn(C)c(C)c1[C@@H]1OCC[C@@H]1CNCc1ccc(CO)o1. The topological polar surface area (TPSA) is 72.5 Å². The molecular weight excluding hydrogens is 294 g/mol. The summed E-state index contributed by atoms with van der Waals surface area (Å²) in [5.74, 6) is 1.88. The van der Waals surface area contributed by atoms with Gasteiger partial charge in [-0.05, 0) is 32.4 Å². The highest BCUT2D eigenvalue weighted by molar-refractivity contribution is 5.28. The molecular formula is C17H25N3O3. The van der Waals surface area contributed by atoms with Crippen molar-refractivity contribution in [3.63, 3.8) is 0 Å². The number of aromatic nitrogens is 2. The molecule has 1 saturated heterocycles. The molecule has 6 nitrogen and oxygen atoms in total. The van der Waals surface area contributed by atoms with Gasteiger partial charge in [-0.3, -0.25) is 4.68 Å². The van der Waals surface area contributed by atoms with E-state index in [1.165, 1.54) is 11.3 Å². The van der Waals surface area contributed by atoms with Crippen LogP contribution in [0.1, 0.15) is 41.0 Å². The first-order valence-corrected chi connectivity index (χ1v) is 8.11. The minimum Gasteiger partial charge on any atom is -0.462 e. The fraction of sp³-hybridized carbons (Fsp3) is 0.588. The van der Waals surface area contributed by atoms with Crippen LogP contribution < -0.4 is 5.32 Å². The highest BCUT2D eigenvalue weighted by Gasteiger charge is 2.33. The van der Waals surface area contributed by atoms with Crippen LogP contribution in [0, 0.1) is 19.8 Å². The van der Waals surface area contributed by atoms with Crippen molar-refractivity contribution in [3.8, 4) is 0 Å². The van der Waals surface area contributed by atoms with Gasteiger partial charge in [0.1, 0.15) is 18.1 Å². The minimum absolute atomic E-state index is 0.0574. The molecule has 0 aliphatic carbocycles. The first-order chi connectivity index (χ1) is 11.1. The van der Waals surface area contributed by atoms with Crippen molar-refractivity contribution in [3.05, 3.63) is 40.6 Å². The zero-order valence-corrected chi connectivity index (χ0v) is 14.0. The lowest BCUT2D eigenvalue weighted by Gasteiger charge is -2.19. The van der Waals surface area contributed by atoms with Gasteiger partial charge in [-0.1, -0.05) is 0 Å². The Labute approximate surface area is 136 Å². The molecule has 3 heterocycles. The highest BCUT2D eigenvalue weighted by atomic mass is 16.5. The Morgan fingerprint density at radius 3 is 2.78 bits per heavy atom. The van der Waals surface area contributed by atoms with E-state index in [1.807, 2.05) is 24.7 Å². The summed E-state index contributed by atoms with van der Waals surface area (Å²) in [6.07, 6.45) is 1.16. The minimum atomic E-state index is -0.0574. The fourth-order valence-corrected chi connectivity index (χ4v) is 3.35. The molecule has 2 N–H and O–H groups in total. The lowest BCUT2D eigenvalue weighted by atomic mass is 9.94. The van der Waals surface area contributed by atoms with E-state index in [0.29, 0.717) is 18.2 Å². The third-order valence-corrected chi connectivity index (χ3v) is 4.64. The molecule has 0 amide bonds. The summed E-state index contributed by atoms with van der Waals surface area (Å²) in [7, 11) is 1.98. The van der Waals surface area contributed by atoms with Crippen LogP contribution in [0.5, 0.6) is 0 Å². The van der Waals surface area contributed by atoms with Crippen molar-refractivity contribution in [1.29, 1.82) is 0 Å². The number of hydrogen-bond acceptors (Lipinski definition) is 5. The van der Waals surface area contributed by atoms with Crippen LogP contribution in [0.3, 0.4) is 0 Å². The maximum Gasteiger partial charge on any atom is 0.129 e. The molecule has 0 saturated carbocycles. The number of rotatable bonds is 6. The van der Waals surface area contributed by atoms with Crippen LogP contribution in [0.15, 0.2) is 16.5 Å². The van der Waals surface area contributed by atoms with Crippen molar-refractivity contribution >= 4 is 0 Å². The smallest absolute Gasteiger partial charge is 0.129 e. The third-order valence-electron chi connectivity index (χ3n) is 4.64. The van der Waals surface area contributed by atoms with Gasteiger partial charge in [-0.2, -0.15) is 5.10 Å². The lowest BCUT2D eigenvalue weighted by molar-refractivity contribution is 0.0892. The van der Waals surface area contributed by atoms with E-state index >= 15 is 0 Å². The van der Waals surface area contributed by atoms with Gasteiger partial charge in [0.2, 0.25) is 0 Å². The van der Waals surface area contributed by atoms with E-state index in [1.54, 1.807) is 6.07 Å². The second-order valence-electron chi connectivity index (χ2n) is 6.21. The number of hydrogen-bond donors (Lipinski definition) is 2. The maximum atomic E-state index is 9.03. The zero-order valence-electron chi connectivity index (χ0n) is 14.0. The van der Waals surface area contributed by atoms with Crippen molar-refractivity contribution in [2.45, 2.75) is 39.5 Å². The molecule has 23 heavy (non-hydrogen) atoms. The number of aryl methyl sites for hydroxylation is 2. The monoisotopic (exact) mass is 319 g/mol. The first-order valence-electron chi connectivity index (χ1n) is 8.11. The standard InChI is InChI=1S/C17H25N3O3/c1-11-16(12(2)20(3)19-11)17-13(6-7-22-17)8-18-9-14-4-5-15(10-21)23-14/h4-5,13,17-18,21H,6-10H2,1-3H3/t13-,17-/m1/s1. The summed E-state index contributed by atoms with van der Waals surface area (Å²) in [5.41, 5.74) is 3.47. The van der Waals surface area contributed by atoms with E-state index < -0.39 is 0 Å². The van der Waals surface area contributed by atoms with Gasteiger partial charge >= 0.3 is 0 Å². The summed E-state index contributed by atoms with van der Waals surface area (Å²) < 4.78 is 13.4. The largest absolute Gasteiger partial charge is 0.462 e. The molecule has 1 fully saturated rings. The molecule has 0 unspecified atom stereocenters. The summed E-state index contributed by atoms with van der Waals surface area (Å²) in [4.78, 5) is 0. The second-order valence-corrected chi connectivity index (χ2v) is 6.21. The predicted octanol–water partition coefficient (Wildman–Crippen LogP) is 1.99. The molecule has 2 aromatic heterocycles. The fourth-order valence-electron chi connectivity index (χ4n) is 3.35. The van der Waals surface area contributed by atoms with Crippen molar-refractivity contribution in [2.24, 2.45) is 13.0 Å². The van der Waals surface area contributed by atoms with Crippen LogP contribution in [0.2, 0.25) is 0 Å². The van der Waals surface area contributed by atoms with Crippen molar-refractivity contribution < 1.29 is 14.3 Å². The molecule has 0 spiro atoms. The van der Waals surface area contributed by atoms with Crippen LogP contribution in [0.25, 0.3) is 0 Å². The van der Waals surface area contributed by atoms with Crippen LogP contribution in [-0.2, 0) is 24.9 Å². The van der Waals surface area contributed by atoms with Crippen molar-refractivity contribution in [1.82, 2.24) is 15.1 Å². The molecule has 2 aromatic rings. The number of nitrogens with one attached hydrogen (secondary N) is 1. The van der Waals surface area contributed by atoms with E-state index in [0.717, 1.165) is 31.0 Å². The van der Waals surface area contributed by atoms with E-state index in [9.17, 15) is 0 Å². The lowest BCUT2D eigenvalue weighted by Crippen LogP contribution is -2.25. The molecule has 1 aliphatic heterocycles.